The van der Waals surface area contributed by atoms with E-state index in [2.05, 4.69) is 36.1 Å². The summed E-state index contributed by atoms with van der Waals surface area (Å²) in [5.41, 5.74) is 3.54. The maximum atomic E-state index is 12.8. The highest BCUT2D eigenvalue weighted by molar-refractivity contribution is 5.78. The first kappa shape index (κ1) is 21.9. The lowest BCUT2D eigenvalue weighted by molar-refractivity contribution is -0.384. The van der Waals surface area contributed by atoms with E-state index in [1.807, 2.05) is 29.8 Å². The third-order valence-corrected chi connectivity index (χ3v) is 5.99. The van der Waals surface area contributed by atoms with Crippen molar-refractivity contribution in [3.63, 3.8) is 0 Å². The van der Waals surface area contributed by atoms with Gasteiger partial charge < -0.3 is 4.90 Å². The van der Waals surface area contributed by atoms with Gasteiger partial charge in [-0.05, 0) is 37.6 Å². The predicted octanol–water partition coefficient (Wildman–Crippen LogP) is 3.24. The van der Waals surface area contributed by atoms with Crippen molar-refractivity contribution in [1.29, 1.82) is 0 Å². The predicted molar refractivity (Wildman–Crippen MR) is 117 cm³/mol. The van der Waals surface area contributed by atoms with E-state index in [0.717, 1.165) is 38.3 Å². The van der Waals surface area contributed by atoms with Crippen LogP contribution < -0.4 is 0 Å². The van der Waals surface area contributed by atoms with Gasteiger partial charge in [0, 0.05) is 50.9 Å². The van der Waals surface area contributed by atoms with Crippen molar-refractivity contribution in [2.24, 2.45) is 0 Å². The van der Waals surface area contributed by atoms with Crippen molar-refractivity contribution in [3.8, 4) is 0 Å². The summed E-state index contributed by atoms with van der Waals surface area (Å²) in [6, 6.07) is 15.0. The molecule has 30 heavy (non-hydrogen) atoms. The number of hydrogen-bond donors (Lipinski definition) is 0. The Hall–Kier alpha value is -2.77. The molecule has 160 valence electrons. The van der Waals surface area contributed by atoms with Crippen molar-refractivity contribution in [2.75, 3.05) is 39.8 Å². The molecule has 2 aromatic rings. The third-order valence-electron chi connectivity index (χ3n) is 5.99. The molecule has 1 atom stereocenters. The fraction of sp³-hybridized carbons (Fsp3) is 0.435. The molecule has 0 spiro atoms. The van der Waals surface area contributed by atoms with Crippen molar-refractivity contribution in [3.05, 3.63) is 75.3 Å². The molecule has 7 nitrogen and oxygen atoms in total. The number of carbonyl (C=O) groups excluding carboxylic acids is 1. The summed E-state index contributed by atoms with van der Waals surface area (Å²) in [6.07, 6.45) is 0. The number of carbonyl (C=O) groups is 1. The van der Waals surface area contributed by atoms with E-state index in [4.69, 9.17) is 0 Å². The molecule has 1 unspecified atom stereocenters. The Morgan fingerprint density at radius 2 is 1.83 bits per heavy atom. The van der Waals surface area contributed by atoms with Crippen LogP contribution in [0.3, 0.4) is 0 Å². The average Bonchev–Trinajstić information content (AvgIpc) is 2.75. The minimum atomic E-state index is -0.391. The average molecular weight is 411 g/mol. The number of amides is 1. The van der Waals surface area contributed by atoms with Gasteiger partial charge in [-0.15, -0.1) is 0 Å². The summed E-state index contributed by atoms with van der Waals surface area (Å²) in [5.74, 6) is 0.102. The Morgan fingerprint density at radius 3 is 2.50 bits per heavy atom. The number of nitro groups is 1. The number of nitrogens with zero attached hydrogens (tertiary/aromatic N) is 4. The zero-order chi connectivity index (χ0) is 21.7. The zero-order valence-corrected chi connectivity index (χ0v) is 18.0. The van der Waals surface area contributed by atoms with Crippen LogP contribution in [0.15, 0.2) is 48.5 Å². The number of nitro benzene ring substituents is 1. The van der Waals surface area contributed by atoms with Crippen molar-refractivity contribution in [2.45, 2.75) is 26.4 Å². The van der Waals surface area contributed by atoms with Gasteiger partial charge in [-0.1, -0.05) is 36.4 Å². The lowest BCUT2D eigenvalue weighted by Gasteiger charge is -2.36. The molecule has 2 aromatic carbocycles. The minimum Gasteiger partial charge on any atom is -0.339 e. The summed E-state index contributed by atoms with van der Waals surface area (Å²) in [4.78, 5) is 29.7. The summed E-state index contributed by atoms with van der Waals surface area (Å²) >= 11 is 0. The maximum Gasteiger partial charge on any atom is 0.269 e. The minimum absolute atomic E-state index is 0.0730. The molecule has 1 saturated heterocycles. The number of likely N-dealkylation sites (N-methyl/N-ethyl adjacent to an activating group) is 1. The van der Waals surface area contributed by atoms with Gasteiger partial charge in [0.2, 0.25) is 5.91 Å². The molecule has 1 aliphatic rings. The highest BCUT2D eigenvalue weighted by Gasteiger charge is 2.24. The molecule has 0 radical (unpaired) electrons. The number of non-ortho nitro benzene ring substituents is 1. The van der Waals surface area contributed by atoms with Crippen LogP contribution in [-0.4, -0.2) is 65.3 Å². The number of aryl methyl sites for hydroxylation is 1. The molecule has 0 saturated carbocycles. The first-order valence-corrected chi connectivity index (χ1v) is 10.3. The van der Waals surface area contributed by atoms with Gasteiger partial charge in [-0.25, -0.2) is 0 Å². The van der Waals surface area contributed by atoms with Gasteiger partial charge >= 0.3 is 0 Å². The summed E-state index contributed by atoms with van der Waals surface area (Å²) in [5, 5.41) is 11.0. The van der Waals surface area contributed by atoms with Gasteiger partial charge in [-0.2, -0.15) is 0 Å². The normalized spacial score (nSPS) is 15.9. The van der Waals surface area contributed by atoms with Crippen LogP contribution in [0.4, 0.5) is 5.69 Å². The van der Waals surface area contributed by atoms with E-state index in [-0.39, 0.29) is 17.6 Å². The lowest BCUT2D eigenvalue weighted by Crippen LogP contribution is -2.50. The summed E-state index contributed by atoms with van der Waals surface area (Å²) in [7, 11) is 1.88. The number of piperazine rings is 1. The van der Waals surface area contributed by atoms with Gasteiger partial charge in [0.05, 0.1) is 11.5 Å². The molecular formula is C23H30N4O3. The Kier molecular flexibility index (Phi) is 7.18. The monoisotopic (exact) mass is 410 g/mol. The SMILES string of the molecule is Cc1ccccc1CN1CCN(C(=O)CN(C)C(C)c2cccc([N+](=O)[O-])c2)CC1. The molecule has 0 aliphatic carbocycles. The van der Waals surface area contributed by atoms with Crippen molar-refractivity contribution >= 4 is 11.6 Å². The van der Waals surface area contributed by atoms with Crippen molar-refractivity contribution < 1.29 is 9.72 Å². The topological polar surface area (TPSA) is 69.9 Å². The molecule has 0 N–H and O–H groups in total. The molecule has 0 aromatic heterocycles. The maximum absolute atomic E-state index is 12.8. The third kappa shape index (κ3) is 5.43. The van der Waals surface area contributed by atoms with E-state index in [1.54, 1.807) is 12.1 Å². The smallest absolute Gasteiger partial charge is 0.269 e. The molecular weight excluding hydrogens is 380 g/mol. The van der Waals surface area contributed by atoms with Crippen LogP contribution in [0.2, 0.25) is 0 Å². The largest absolute Gasteiger partial charge is 0.339 e. The van der Waals surface area contributed by atoms with Gasteiger partial charge in [0.1, 0.15) is 0 Å². The Bertz CT molecular complexity index is 894. The van der Waals surface area contributed by atoms with Gasteiger partial charge in [0.15, 0.2) is 0 Å². The Labute approximate surface area is 178 Å². The summed E-state index contributed by atoms with van der Waals surface area (Å²) < 4.78 is 0. The van der Waals surface area contributed by atoms with Gasteiger partial charge in [-0.3, -0.25) is 24.7 Å². The molecule has 3 rings (SSSR count). The number of benzene rings is 2. The number of hydrogen-bond acceptors (Lipinski definition) is 5. The van der Waals surface area contributed by atoms with Crippen LogP contribution >= 0.6 is 0 Å². The standard InChI is InChI=1S/C23H30N4O3/c1-18-7-4-5-8-21(18)16-25-11-13-26(14-12-25)23(28)17-24(3)19(2)20-9-6-10-22(15-20)27(29)30/h4-10,15,19H,11-14,16-17H2,1-3H3. The van der Waals surface area contributed by atoms with E-state index in [1.165, 1.54) is 17.2 Å². The molecule has 7 heteroatoms. The highest BCUT2D eigenvalue weighted by atomic mass is 16.6. The molecule has 1 aliphatic heterocycles. The highest BCUT2D eigenvalue weighted by Crippen LogP contribution is 2.23. The second-order valence-electron chi connectivity index (χ2n) is 8.03. The molecule has 1 amide bonds. The van der Waals surface area contributed by atoms with E-state index in [0.29, 0.717) is 6.54 Å². The fourth-order valence-electron chi connectivity index (χ4n) is 3.79. The first-order valence-electron chi connectivity index (χ1n) is 10.3. The molecule has 1 fully saturated rings. The van der Waals surface area contributed by atoms with Crippen LogP contribution in [0.1, 0.15) is 29.7 Å². The lowest BCUT2D eigenvalue weighted by atomic mass is 10.1. The second kappa shape index (κ2) is 9.82. The van der Waals surface area contributed by atoms with Gasteiger partial charge in [0.25, 0.3) is 5.69 Å². The summed E-state index contributed by atoms with van der Waals surface area (Å²) in [6.45, 7) is 8.49. The van der Waals surface area contributed by atoms with Crippen LogP contribution in [0.5, 0.6) is 0 Å². The van der Waals surface area contributed by atoms with Crippen molar-refractivity contribution in [1.82, 2.24) is 14.7 Å². The molecule has 0 bridgehead atoms. The second-order valence-corrected chi connectivity index (χ2v) is 8.03. The zero-order valence-electron chi connectivity index (χ0n) is 18.0. The van der Waals surface area contributed by atoms with E-state index in [9.17, 15) is 14.9 Å². The van der Waals surface area contributed by atoms with Crippen LogP contribution in [-0.2, 0) is 11.3 Å². The number of rotatable bonds is 7. The Balaban J connectivity index is 1.51. The quantitative estimate of drug-likeness (QED) is 0.518. The van der Waals surface area contributed by atoms with Crippen LogP contribution in [0.25, 0.3) is 0 Å². The fourth-order valence-corrected chi connectivity index (χ4v) is 3.79. The van der Waals surface area contributed by atoms with Crippen LogP contribution in [0, 0.1) is 17.0 Å². The van der Waals surface area contributed by atoms with E-state index >= 15 is 0 Å². The first-order chi connectivity index (χ1) is 14.3. The van der Waals surface area contributed by atoms with E-state index < -0.39 is 4.92 Å². The Morgan fingerprint density at radius 1 is 1.13 bits per heavy atom. The molecule has 1 heterocycles.